The van der Waals surface area contributed by atoms with Crippen LogP contribution in [0.1, 0.15) is 26.3 Å². The van der Waals surface area contributed by atoms with Gasteiger partial charge in [-0.15, -0.1) is 0 Å². The summed E-state index contributed by atoms with van der Waals surface area (Å²) in [4.78, 5) is 12.2. The fraction of sp³-hybridized carbons (Fsp3) is 0.385. The van der Waals surface area contributed by atoms with Crippen LogP contribution in [-0.4, -0.2) is 10.9 Å². The molecule has 1 aromatic carbocycles. The number of hydrogen-bond donors (Lipinski definition) is 2. The van der Waals surface area contributed by atoms with Crippen LogP contribution in [0.2, 0.25) is 0 Å². The van der Waals surface area contributed by atoms with Gasteiger partial charge in [0.15, 0.2) is 0 Å². The van der Waals surface area contributed by atoms with E-state index in [0.717, 1.165) is 11.3 Å². The molecule has 0 saturated carbocycles. The Balaban J connectivity index is 2.70. The Bertz CT molecular complexity index is 412. The predicted octanol–water partition coefficient (Wildman–Crippen LogP) is 2.55. The van der Waals surface area contributed by atoms with Crippen LogP contribution >= 0.6 is 12.2 Å². The molecule has 0 radical (unpaired) electrons. The van der Waals surface area contributed by atoms with E-state index in [1.807, 2.05) is 20.8 Å². The number of nitrogens with one attached hydrogen (secondary N) is 1. The molecule has 0 aliphatic rings. The summed E-state index contributed by atoms with van der Waals surface area (Å²) in [5.74, 6) is 0.347. The van der Waals surface area contributed by atoms with E-state index in [-0.39, 0.29) is 11.8 Å². The third-order valence-corrected chi connectivity index (χ3v) is 3.09. The Morgan fingerprint density at radius 2 is 1.76 bits per heavy atom. The zero-order valence-electron chi connectivity index (χ0n) is 10.4. The van der Waals surface area contributed by atoms with Crippen molar-refractivity contribution in [3.05, 3.63) is 29.8 Å². The van der Waals surface area contributed by atoms with Gasteiger partial charge in [-0.25, -0.2) is 0 Å². The number of anilines is 1. The molecule has 3 N–H and O–H groups in total. The van der Waals surface area contributed by atoms with Gasteiger partial charge < -0.3 is 11.1 Å². The number of carbonyl (C=O) groups excluding carboxylic acids is 1. The molecule has 92 valence electrons. The molecule has 1 amide bonds. The van der Waals surface area contributed by atoms with Crippen LogP contribution in [-0.2, 0) is 4.79 Å². The lowest BCUT2D eigenvalue weighted by Gasteiger charge is -2.15. The average Bonchev–Trinajstić information content (AvgIpc) is 2.28. The van der Waals surface area contributed by atoms with E-state index >= 15 is 0 Å². The van der Waals surface area contributed by atoms with Crippen molar-refractivity contribution in [2.75, 3.05) is 5.32 Å². The van der Waals surface area contributed by atoms with Crippen LogP contribution in [0.25, 0.3) is 0 Å². The topological polar surface area (TPSA) is 55.1 Å². The second-order valence-electron chi connectivity index (χ2n) is 4.46. The van der Waals surface area contributed by atoms with E-state index in [0.29, 0.717) is 10.9 Å². The number of carbonyl (C=O) groups is 1. The molecule has 0 aliphatic carbocycles. The molecular weight excluding hydrogens is 232 g/mol. The second kappa shape index (κ2) is 5.77. The van der Waals surface area contributed by atoms with Gasteiger partial charge in [0.2, 0.25) is 5.91 Å². The lowest BCUT2D eigenvalue weighted by atomic mass is 9.97. The summed E-state index contributed by atoms with van der Waals surface area (Å²) in [6, 6.07) is 7.22. The van der Waals surface area contributed by atoms with Gasteiger partial charge in [0, 0.05) is 17.2 Å². The number of thiocarbonyl (C=S) groups is 1. The van der Waals surface area contributed by atoms with Crippen molar-refractivity contribution in [3.8, 4) is 0 Å². The summed E-state index contributed by atoms with van der Waals surface area (Å²) >= 11 is 4.86. The molecule has 1 aromatic rings. The standard InChI is InChI=1S/C13H18N2OS/c1-8(2)9(3)13(16)15-11-6-4-10(5-7-11)12(14)17/h4-9H,1-3H3,(H2,14,17)(H,15,16). The van der Waals surface area contributed by atoms with Crippen molar-refractivity contribution in [2.45, 2.75) is 20.8 Å². The molecule has 0 aliphatic heterocycles. The highest BCUT2D eigenvalue weighted by atomic mass is 32.1. The SMILES string of the molecule is CC(C)C(C)C(=O)Nc1ccc(C(N)=S)cc1. The molecule has 0 spiro atoms. The van der Waals surface area contributed by atoms with E-state index in [1.165, 1.54) is 0 Å². The minimum Gasteiger partial charge on any atom is -0.389 e. The predicted molar refractivity (Wildman–Crippen MR) is 75.0 cm³/mol. The molecule has 0 heterocycles. The first-order valence-corrected chi connectivity index (χ1v) is 6.03. The molecule has 1 rings (SSSR count). The van der Waals surface area contributed by atoms with Gasteiger partial charge in [-0.3, -0.25) is 4.79 Å². The quantitative estimate of drug-likeness (QED) is 0.807. The minimum absolute atomic E-state index is 0.00902. The largest absolute Gasteiger partial charge is 0.389 e. The highest BCUT2D eigenvalue weighted by Gasteiger charge is 2.16. The molecule has 4 heteroatoms. The molecule has 3 nitrogen and oxygen atoms in total. The first-order valence-electron chi connectivity index (χ1n) is 5.62. The number of hydrogen-bond acceptors (Lipinski definition) is 2. The van der Waals surface area contributed by atoms with Gasteiger partial charge in [-0.1, -0.05) is 33.0 Å². The fourth-order valence-corrected chi connectivity index (χ4v) is 1.41. The highest BCUT2D eigenvalue weighted by molar-refractivity contribution is 7.80. The van der Waals surface area contributed by atoms with Crippen LogP contribution in [0.15, 0.2) is 24.3 Å². The van der Waals surface area contributed by atoms with Gasteiger partial charge in [-0.2, -0.15) is 0 Å². The van der Waals surface area contributed by atoms with Crippen molar-refractivity contribution in [2.24, 2.45) is 17.6 Å². The molecule has 0 bridgehead atoms. The zero-order valence-corrected chi connectivity index (χ0v) is 11.2. The summed E-state index contributed by atoms with van der Waals surface area (Å²) < 4.78 is 0. The Morgan fingerprint density at radius 1 is 1.24 bits per heavy atom. The normalized spacial score (nSPS) is 12.2. The minimum atomic E-state index is -0.00902. The maximum atomic E-state index is 11.8. The number of nitrogens with two attached hydrogens (primary N) is 1. The van der Waals surface area contributed by atoms with Crippen LogP contribution in [0, 0.1) is 11.8 Å². The summed E-state index contributed by atoms with van der Waals surface area (Å²) in [6.45, 7) is 5.98. The smallest absolute Gasteiger partial charge is 0.227 e. The lowest BCUT2D eigenvalue weighted by molar-refractivity contribution is -0.120. The second-order valence-corrected chi connectivity index (χ2v) is 4.90. The number of amides is 1. The number of benzene rings is 1. The van der Waals surface area contributed by atoms with Crippen molar-refractivity contribution in [1.29, 1.82) is 0 Å². The maximum Gasteiger partial charge on any atom is 0.227 e. The summed E-state index contributed by atoms with van der Waals surface area (Å²) in [7, 11) is 0. The van der Waals surface area contributed by atoms with Gasteiger partial charge >= 0.3 is 0 Å². The number of rotatable bonds is 4. The molecule has 17 heavy (non-hydrogen) atoms. The third-order valence-electron chi connectivity index (χ3n) is 2.85. The Kier molecular flexibility index (Phi) is 4.63. The third kappa shape index (κ3) is 3.82. The lowest BCUT2D eigenvalue weighted by Crippen LogP contribution is -2.24. The molecule has 0 saturated heterocycles. The Labute approximate surface area is 107 Å². The first-order chi connectivity index (χ1) is 7.91. The van der Waals surface area contributed by atoms with Gasteiger partial charge in [-0.05, 0) is 30.2 Å². The summed E-state index contributed by atoms with van der Waals surface area (Å²) in [5, 5.41) is 2.87. The summed E-state index contributed by atoms with van der Waals surface area (Å²) in [6.07, 6.45) is 0. The van der Waals surface area contributed by atoms with E-state index < -0.39 is 0 Å². The van der Waals surface area contributed by atoms with E-state index in [2.05, 4.69) is 5.32 Å². The molecular formula is C13H18N2OS. The first kappa shape index (κ1) is 13.6. The van der Waals surface area contributed by atoms with E-state index in [1.54, 1.807) is 24.3 Å². The fourth-order valence-electron chi connectivity index (χ4n) is 1.28. The van der Waals surface area contributed by atoms with Crippen LogP contribution in [0.5, 0.6) is 0 Å². The van der Waals surface area contributed by atoms with Crippen molar-refractivity contribution >= 4 is 28.8 Å². The zero-order chi connectivity index (χ0) is 13.0. The monoisotopic (exact) mass is 250 g/mol. The van der Waals surface area contributed by atoms with Gasteiger partial charge in [0.05, 0.1) is 0 Å². The summed E-state index contributed by atoms with van der Waals surface area (Å²) in [5.41, 5.74) is 7.06. The van der Waals surface area contributed by atoms with Gasteiger partial charge in [0.25, 0.3) is 0 Å². The van der Waals surface area contributed by atoms with Crippen molar-refractivity contribution < 1.29 is 4.79 Å². The molecule has 0 fully saturated rings. The van der Waals surface area contributed by atoms with Crippen molar-refractivity contribution in [3.63, 3.8) is 0 Å². The average molecular weight is 250 g/mol. The van der Waals surface area contributed by atoms with E-state index in [9.17, 15) is 4.79 Å². The Morgan fingerprint density at radius 3 is 2.18 bits per heavy atom. The highest BCUT2D eigenvalue weighted by Crippen LogP contribution is 2.14. The maximum absolute atomic E-state index is 11.8. The Hall–Kier alpha value is -1.42. The van der Waals surface area contributed by atoms with Gasteiger partial charge in [0.1, 0.15) is 4.99 Å². The molecule has 1 atom stereocenters. The molecule has 1 unspecified atom stereocenters. The van der Waals surface area contributed by atoms with Crippen LogP contribution in [0.4, 0.5) is 5.69 Å². The van der Waals surface area contributed by atoms with Crippen LogP contribution < -0.4 is 11.1 Å². The van der Waals surface area contributed by atoms with Crippen molar-refractivity contribution in [1.82, 2.24) is 0 Å². The van der Waals surface area contributed by atoms with Crippen LogP contribution in [0.3, 0.4) is 0 Å². The van der Waals surface area contributed by atoms with E-state index in [4.69, 9.17) is 18.0 Å². The molecule has 0 aromatic heterocycles.